The molecule has 0 fully saturated rings. The van der Waals surface area contributed by atoms with E-state index in [9.17, 15) is 4.39 Å². The predicted octanol–water partition coefficient (Wildman–Crippen LogP) is 1.88. The van der Waals surface area contributed by atoms with Crippen LogP contribution in [0.15, 0.2) is 29.3 Å². The zero-order valence-electron chi connectivity index (χ0n) is 13.3. The molecule has 0 radical (unpaired) electrons. The van der Waals surface area contributed by atoms with Crippen LogP contribution < -0.4 is 10.6 Å². The maximum Gasteiger partial charge on any atom is 0.191 e. The van der Waals surface area contributed by atoms with Crippen molar-refractivity contribution >= 4 is 5.96 Å². The van der Waals surface area contributed by atoms with Crippen molar-refractivity contribution in [1.29, 1.82) is 0 Å². The summed E-state index contributed by atoms with van der Waals surface area (Å²) in [5.41, 5.74) is 0.990. The molecule has 0 atom stereocenters. The molecule has 0 amide bonds. The molecule has 0 saturated carbocycles. The normalized spacial score (nSPS) is 11.8. The molecule has 5 heteroatoms. The van der Waals surface area contributed by atoms with Crippen molar-refractivity contribution in [2.75, 3.05) is 39.8 Å². The van der Waals surface area contributed by atoms with E-state index >= 15 is 0 Å². The lowest BCUT2D eigenvalue weighted by Gasteiger charge is -2.14. The van der Waals surface area contributed by atoms with Crippen molar-refractivity contribution in [3.63, 3.8) is 0 Å². The summed E-state index contributed by atoms with van der Waals surface area (Å²) in [6.07, 6.45) is 0.775. The molecule has 1 aromatic carbocycles. The zero-order chi connectivity index (χ0) is 15.5. The molecule has 2 N–H and O–H groups in total. The molecule has 4 nitrogen and oxygen atoms in total. The molecule has 0 aliphatic heterocycles. The Bertz CT molecular complexity index is 434. The van der Waals surface area contributed by atoms with Crippen LogP contribution in [0.5, 0.6) is 0 Å². The highest BCUT2D eigenvalue weighted by Crippen LogP contribution is 2.03. The van der Waals surface area contributed by atoms with Crippen molar-refractivity contribution in [3.05, 3.63) is 35.6 Å². The van der Waals surface area contributed by atoms with Gasteiger partial charge in [-0.25, -0.2) is 4.39 Å². The highest BCUT2D eigenvalue weighted by atomic mass is 19.1. The Hall–Kier alpha value is -1.62. The fourth-order valence-electron chi connectivity index (χ4n) is 1.85. The highest BCUT2D eigenvalue weighted by molar-refractivity contribution is 5.79. The second-order valence-corrected chi connectivity index (χ2v) is 4.96. The van der Waals surface area contributed by atoms with E-state index in [1.54, 1.807) is 12.1 Å². The second-order valence-electron chi connectivity index (χ2n) is 4.96. The quantitative estimate of drug-likeness (QED) is 0.568. The third-order valence-electron chi connectivity index (χ3n) is 3.23. The van der Waals surface area contributed by atoms with Gasteiger partial charge >= 0.3 is 0 Å². The first kappa shape index (κ1) is 17.4. The van der Waals surface area contributed by atoms with Crippen molar-refractivity contribution in [1.82, 2.24) is 15.5 Å². The van der Waals surface area contributed by atoms with Crippen LogP contribution in [0.1, 0.15) is 19.4 Å². The van der Waals surface area contributed by atoms with Gasteiger partial charge in [0.2, 0.25) is 0 Å². The number of aliphatic imine (C=N–C) groups is 1. The van der Waals surface area contributed by atoms with Gasteiger partial charge in [-0.1, -0.05) is 19.1 Å². The van der Waals surface area contributed by atoms with Gasteiger partial charge in [0.15, 0.2) is 5.96 Å². The number of hydrogen-bond acceptors (Lipinski definition) is 2. The van der Waals surface area contributed by atoms with Gasteiger partial charge < -0.3 is 15.5 Å². The minimum absolute atomic E-state index is 0.185. The van der Waals surface area contributed by atoms with Crippen LogP contribution in [-0.2, 0) is 6.42 Å². The van der Waals surface area contributed by atoms with Crippen molar-refractivity contribution < 1.29 is 4.39 Å². The van der Waals surface area contributed by atoms with Gasteiger partial charge in [0.05, 0.1) is 6.54 Å². The summed E-state index contributed by atoms with van der Waals surface area (Å²) in [5, 5.41) is 6.50. The summed E-state index contributed by atoms with van der Waals surface area (Å²) in [5.74, 6) is 0.633. The van der Waals surface area contributed by atoms with Crippen molar-refractivity contribution in [2.45, 2.75) is 20.3 Å². The molecule has 0 spiro atoms. The van der Waals surface area contributed by atoms with Gasteiger partial charge in [0.1, 0.15) is 5.82 Å². The molecule has 118 valence electrons. The maximum absolute atomic E-state index is 13.1. The van der Waals surface area contributed by atoms with Crippen LogP contribution in [0, 0.1) is 5.82 Å². The minimum atomic E-state index is -0.185. The lowest BCUT2D eigenvalue weighted by Crippen LogP contribution is -2.39. The van der Waals surface area contributed by atoms with E-state index in [2.05, 4.69) is 34.5 Å². The van der Waals surface area contributed by atoms with Crippen LogP contribution in [0.3, 0.4) is 0 Å². The third kappa shape index (κ3) is 7.66. The smallest absolute Gasteiger partial charge is 0.191 e. The zero-order valence-corrected chi connectivity index (χ0v) is 13.3. The Kier molecular flexibility index (Phi) is 8.43. The van der Waals surface area contributed by atoms with Gasteiger partial charge in [0, 0.05) is 19.6 Å². The molecule has 0 aromatic heterocycles. The Labute approximate surface area is 127 Å². The van der Waals surface area contributed by atoms with Crippen LogP contribution >= 0.6 is 0 Å². The topological polar surface area (TPSA) is 39.7 Å². The predicted molar refractivity (Wildman–Crippen MR) is 87.3 cm³/mol. The molecule has 0 aliphatic rings. The SMILES string of the molecule is CCNC(=NCCN(C)CC)NCCc1cccc(F)c1. The maximum atomic E-state index is 13.1. The van der Waals surface area contributed by atoms with E-state index in [1.807, 2.05) is 13.0 Å². The fourth-order valence-corrected chi connectivity index (χ4v) is 1.85. The standard InChI is InChI=1S/C16H27FN4/c1-4-18-16(20-11-12-21(3)5-2)19-10-9-14-7-6-8-15(17)13-14/h6-8,13H,4-5,9-12H2,1-3H3,(H2,18,19,20). The number of halogens is 1. The fraction of sp³-hybridized carbons (Fsp3) is 0.562. The molecular formula is C16H27FN4. The molecule has 1 aromatic rings. The molecule has 0 heterocycles. The number of benzene rings is 1. The number of rotatable bonds is 8. The van der Waals surface area contributed by atoms with Gasteiger partial charge in [-0.15, -0.1) is 0 Å². The average Bonchev–Trinajstić information content (AvgIpc) is 2.47. The van der Waals surface area contributed by atoms with Gasteiger partial charge in [-0.3, -0.25) is 4.99 Å². The minimum Gasteiger partial charge on any atom is -0.357 e. The average molecular weight is 294 g/mol. The number of nitrogens with one attached hydrogen (secondary N) is 2. The van der Waals surface area contributed by atoms with Gasteiger partial charge in [0.25, 0.3) is 0 Å². The van der Waals surface area contributed by atoms with Crippen molar-refractivity contribution in [3.8, 4) is 0 Å². The Morgan fingerprint density at radius 1 is 1.29 bits per heavy atom. The molecule has 0 unspecified atom stereocenters. The number of hydrogen-bond donors (Lipinski definition) is 2. The van der Waals surface area contributed by atoms with E-state index in [0.717, 1.165) is 50.7 Å². The lowest BCUT2D eigenvalue weighted by atomic mass is 10.1. The van der Waals surface area contributed by atoms with E-state index in [-0.39, 0.29) is 5.82 Å². The van der Waals surface area contributed by atoms with E-state index in [4.69, 9.17) is 0 Å². The van der Waals surface area contributed by atoms with E-state index in [1.165, 1.54) is 6.07 Å². The first-order valence-corrected chi connectivity index (χ1v) is 7.60. The molecule has 0 aliphatic carbocycles. The molecule has 21 heavy (non-hydrogen) atoms. The van der Waals surface area contributed by atoms with Crippen LogP contribution in [0.25, 0.3) is 0 Å². The first-order chi connectivity index (χ1) is 10.2. The summed E-state index contributed by atoms with van der Waals surface area (Å²) in [6.45, 7) is 8.47. The Morgan fingerprint density at radius 2 is 2.10 bits per heavy atom. The molecular weight excluding hydrogens is 267 g/mol. The summed E-state index contributed by atoms with van der Waals surface area (Å²) in [4.78, 5) is 6.75. The van der Waals surface area contributed by atoms with Gasteiger partial charge in [-0.05, 0) is 44.6 Å². The van der Waals surface area contributed by atoms with Gasteiger partial charge in [-0.2, -0.15) is 0 Å². The number of likely N-dealkylation sites (N-methyl/N-ethyl adjacent to an activating group) is 1. The number of nitrogens with zero attached hydrogens (tertiary/aromatic N) is 2. The molecule has 0 bridgehead atoms. The Morgan fingerprint density at radius 3 is 2.76 bits per heavy atom. The molecule has 0 saturated heterocycles. The first-order valence-electron chi connectivity index (χ1n) is 7.60. The van der Waals surface area contributed by atoms with Crippen LogP contribution in [0.2, 0.25) is 0 Å². The number of guanidine groups is 1. The summed E-state index contributed by atoms with van der Waals surface area (Å²) in [7, 11) is 2.08. The Balaban J connectivity index is 2.38. The van der Waals surface area contributed by atoms with Crippen molar-refractivity contribution in [2.24, 2.45) is 4.99 Å². The summed E-state index contributed by atoms with van der Waals surface area (Å²) in [6, 6.07) is 6.71. The monoisotopic (exact) mass is 294 g/mol. The van der Waals surface area contributed by atoms with E-state index in [0.29, 0.717) is 0 Å². The summed E-state index contributed by atoms with van der Waals surface area (Å²) >= 11 is 0. The lowest BCUT2D eigenvalue weighted by molar-refractivity contribution is 0.363. The molecule has 1 rings (SSSR count). The second kappa shape index (κ2) is 10.2. The third-order valence-corrected chi connectivity index (χ3v) is 3.23. The van der Waals surface area contributed by atoms with E-state index < -0.39 is 0 Å². The summed E-state index contributed by atoms with van der Waals surface area (Å²) < 4.78 is 13.1. The highest BCUT2D eigenvalue weighted by Gasteiger charge is 1.99. The largest absolute Gasteiger partial charge is 0.357 e. The van der Waals surface area contributed by atoms with Crippen LogP contribution in [0.4, 0.5) is 4.39 Å². The van der Waals surface area contributed by atoms with Crippen LogP contribution in [-0.4, -0.2) is 50.6 Å².